The predicted molar refractivity (Wildman–Crippen MR) is 73.5 cm³/mol. The molecule has 1 rings (SSSR count). The highest BCUT2D eigenvalue weighted by atomic mass is 79.9. The second-order valence-electron chi connectivity index (χ2n) is 4.30. The largest absolute Gasteiger partial charge is 0.382 e. The molecule has 6 nitrogen and oxygen atoms in total. The molecule has 1 aromatic heterocycles. The predicted octanol–water partition coefficient (Wildman–Crippen LogP) is 1.11. The van der Waals surface area contributed by atoms with E-state index in [1.165, 1.54) is 6.20 Å². The van der Waals surface area contributed by atoms with Gasteiger partial charge in [-0.3, -0.25) is 9.59 Å². The number of carbonyl (C=O) groups excluding carboxylic acids is 1. The highest BCUT2D eigenvalue weighted by Crippen LogP contribution is 2.14. The Labute approximate surface area is 114 Å². The van der Waals surface area contributed by atoms with Gasteiger partial charge < -0.3 is 10.6 Å². The van der Waals surface area contributed by atoms with E-state index >= 15 is 0 Å². The minimum absolute atomic E-state index is 0.00915. The van der Waals surface area contributed by atoms with Gasteiger partial charge in [0.1, 0.15) is 4.47 Å². The number of halogens is 1. The van der Waals surface area contributed by atoms with Crippen LogP contribution in [0.15, 0.2) is 15.5 Å². The van der Waals surface area contributed by atoms with Crippen LogP contribution in [0.5, 0.6) is 0 Å². The van der Waals surface area contributed by atoms with Gasteiger partial charge in [-0.15, -0.1) is 0 Å². The first kappa shape index (κ1) is 14.7. The van der Waals surface area contributed by atoms with Crippen molar-refractivity contribution in [2.45, 2.75) is 20.3 Å². The minimum atomic E-state index is -0.302. The maximum absolute atomic E-state index is 11.4. The van der Waals surface area contributed by atoms with Crippen LogP contribution in [0.4, 0.5) is 5.69 Å². The number of H-pyrrole nitrogens is 1. The lowest BCUT2D eigenvalue weighted by atomic mass is 10.2. The van der Waals surface area contributed by atoms with Crippen molar-refractivity contribution in [3.05, 3.63) is 21.0 Å². The van der Waals surface area contributed by atoms with E-state index in [1.807, 2.05) is 13.8 Å². The minimum Gasteiger partial charge on any atom is -0.382 e. The average molecular weight is 317 g/mol. The smallest absolute Gasteiger partial charge is 0.280 e. The van der Waals surface area contributed by atoms with E-state index in [0.717, 1.165) is 0 Å². The number of hydrogen-bond donors (Lipinski definition) is 3. The van der Waals surface area contributed by atoms with Crippen LogP contribution in [-0.4, -0.2) is 29.2 Å². The third-order valence-electron chi connectivity index (χ3n) is 2.17. The van der Waals surface area contributed by atoms with Gasteiger partial charge in [0.25, 0.3) is 5.56 Å². The molecule has 0 atom stereocenters. The zero-order valence-electron chi connectivity index (χ0n) is 10.4. The topological polar surface area (TPSA) is 86.9 Å². The molecule has 0 saturated carbocycles. The number of anilines is 1. The van der Waals surface area contributed by atoms with Crippen LogP contribution in [0.3, 0.4) is 0 Å². The molecule has 1 heterocycles. The molecule has 0 aliphatic carbocycles. The Bertz CT molecular complexity index is 459. The zero-order chi connectivity index (χ0) is 13.5. The van der Waals surface area contributed by atoms with Crippen LogP contribution in [0, 0.1) is 5.92 Å². The highest BCUT2D eigenvalue weighted by molar-refractivity contribution is 9.10. The number of carbonyl (C=O) groups is 1. The van der Waals surface area contributed by atoms with E-state index < -0.39 is 0 Å². The standard InChI is InChI=1S/C11H17BrN4O2/c1-7(2)5-14-9(17)3-4-13-8-6-15-16-11(18)10(8)12/h6-7H,3-5H2,1-2H3,(H,14,17)(H2,13,16,18). The Balaban J connectivity index is 2.35. The summed E-state index contributed by atoms with van der Waals surface area (Å²) >= 11 is 3.15. The molecule has 18 heavy (non-hydrogen) atoms. The molecule has 0 unspecified atom stereocenters. The van der Waals surface area contributed by atoms with Gasteiger partial charge in [0.2, 0.25) is 5.91 Å². The number of aromatic nitrogens is 2. The second-order valence-corrected chi connectivity index (χ2v) is 5.09. The number of aromatic amines is 1. The molecular formula is C11H17BrN4O2. The Hall–Kier alpha value is -1.37. The molecule has 0 fully saturated rings. The molecule has 100 valence electrons. The van der Waals surface area contributed by atoms with Crippen molar-refractivity contribution in [2.24, 2.45) is 5.92 Å². The van der Waals surface area contributed by atoms with Gasteiger partial charge in [-0.25, -0.2) is 5.10 Å². The summed E-state index contributed by atoms with van der Waals surface area (Å²) < 4.78 is 0.389. The van der Waals surface area contributed by atoms with Crippen molar-refractivity contribution in [3.63, 3.8) is 0 Å². The lowest BCUT2D eigenvalue weighted by molar-refractivity contribution is -0.120. The van der Waals surface area contributed by atoms with Crippen molar-refractivity contribution in [3.8, 4) is 0 Å². The Morgan fingerprint density at radius 3 is 2.94 bits per heavy atom. The summed E-state index contributed by atoms with van der Waals surface area (Å²) in [6.07, 6.45) is 1.85. The molecule has 0 aliphatic rings. The summed E-state index contributed by atoms with van der Waals surface area (Å²) in [5.41, 5.74) is 0.277. The molecule has 0 aromatic carbocycles. The van der Waals surface area contributed by atoms with E-state index in [-0.39, 0.29) is 11.5 Å². The molecular weight excluding hydrogens is 300 g/mol. The van der Waals surface area contributed by atoms with E-state index in [1.54, 1.807) is 0 Å². The van der Waals surface area contributed by atoms with Crippen LogP contribution in [0.1, 0.15) is 20.3 Å². The molecule has 7 heteroatoms. The number of hydrogen-bond acceptors (Lipinski definition) is 4. The molecule has 0 spiro atoms. The SMILES string of the molecule is CC(C)CNC(=O)CCNc1cn[nH]c(=O)c1Br. The number of rotatable bonds is 6. The fourth-order valence-corrected chi connectivity index (χ4v) is 1.56. The van der Waals surface area contributed by atoms with Crippen molar-refractivity contribution >= 4 is 27.5 Å². The second kappa shape index (κ2) is 7.15. The molecule has 0 aliphatic heterocycles. The fraction of sp³-hybridized carbons (Fsp3) is 0.545. The normalized spacial score (nSPS) is 10.4. The lowest BCUT2D eigenvalue weighted by Crippen LogP contribution is -2.28. The van der Waals surface area contributed by atoms with Crippen molar-refractivity contribution in [1.29, 1.82) is 0 Å². The summed E-state index contributed by atoms with van der Waals surface area (Å²) in [5.74, 6) is 0.429. The van der Waals surface area contributed by atoms with E-state index in [0.29, 0.717) is 35.6 Å². The summed E-state index contributed by atoms with van der Waals surface area (Å²) in [4.78, 5) is 22.7. The molecule has 3 N–H and O–H groups in total. The van der Waals surface area contributed by atoms with Gasteiger partial charge in [-0.2, -0.15) is 5.10 Å². The molecule has 1 aromatic rings. The first-order chi connectivity index (χ1) is 8.50. The first-order valence-electron chi connectivity index (χ1n) is 5.74. The molecule has 1 amide bonds. The lowest BCUT2D eigenvalue weighted by Gasteiger charge is -2.09. The van der Waals surface area contributed by atoms with Gasteiger partial charge in [0.05, 0.1) is 11.9 Å². The maximum atomic E-state index is 11.4. The monoisotopic (exact) mass is 316 g/mol. The quantitative estimate of drug-likeness (QED) is 0.733. The first-order valence-corrected chi connectivity index (χ1v) is 6.53. The third-order valence-corrected chi connectivity index (χ3v) is 2.96. The molecule has 0 radical (unpaired) electrons. The highest BCUT2D eigenvalue weighted by Gasteiger charge is 2.05. The van der Waals surface area contributed by atoms with E-state index in [2.05, 4.69) is 36.8 Å². The van der Waals surface area contributed by atoms with Crippen molar-refractivity contribution in [1.82, 2.24) is 15.5 Å². The van der Waals surface area contributed by atoms with Crippen LogP contribution in [0.25, 0.3) is 0 Å². The Morgan fingerprint density at radius 2 is 2.28 bits per heavy atom. The number of nitrogens with one attached hydrogen (secondary N) is 3. The van der Waals surface area contributed by atoms with Gasteiger partial charge >= 0.3 is 0 Å². The summed E-state index contributed by atoms with van der Waals surface area (Å²) in [5, 5.41) is 11.8. The summed E-state index contributed by atoms with van der Waals surface area (Å²) in [7, 11) is 0. The zero-order valence-corrected chi connectivity index (χ0v) is 12.0. The molecule has 0 saturated heterocycles. The number of nitrogens with zero attached hydrogens (tertiary/aromatic N) is 1. The van der Waals surface area contributed by atoms with Gasteiger partial charge in [0, 0.05) is 19.5 Å². The Morgan fingerprint density at radius 1 is 1.56 bits per heavy atom. The summed E-state index contributed by atoms with van der Waals surface area (Å²) in [6.45, 7) is 5.21. The maximum Gasteiger partial charge on any atom is 0.280 e. The Kier molecular flexibility index (Phi) is 5.84. The van der Waals surface area contributed by atoms with Gasteiger partial charge in [-0.05, 0) is 21.8 Å². The fourth-order valence-electron chi connectivity index (χ4n) is 1.22. The average Bonchev–Trinajstić information content (AvgIpc) is 2.32. The molecule has 0 bridgehead atoms. The van der Waals surface area contributed by atoms with Gasteiger partial charge in [0.15, 0.2) is 0 Å². The van der Waals surface area contributed by atoms with Crippen LogP contribution in [0.2, 0.25) is 0 Å². The third kappa shape index (κ3) is 4.87. The van der Waals surface area contributed by atoms with Gasteiger partial charge in [-0.1, -0.05) is 13.8 Å². The van der Waals surface area contributed by atoms with E-state index in [4.69, 9.17) is 0 Å². The van der Waals surface area contributed by atoms with Crippen molar-refractivity contribution < 1.29 is 4.79 Å². The van der Waals surface area contributed by atoms with E-state index in [9.17, 15) is 9.59 Å². The number of amides is 1. The van der Waals surface area contributed by atoms with Crippen LogP contribution >= 0.6 is 15.9 Å². The van der Waals surface area contributed by atoms with Crippen molar-refractivity contribution in [2.75, 3.05) is 18.4 Å². The van der Waals surface area contributed by atoms with Crippen LogP contribution in [-0.2, 0) is 4.79 Å². The van der Waals surface area contributed by atoms with Crippen LogP contribution < -0.4 is 16.2 Å². The summed E-state index contributed by atoms with van der Waals surface area (Å²) in [6, 6.07) is 0.